The number of nitrogens with zero attached hydrogens (tertiary/aromatic N) is 1. The number of hydrogen-bond donors (Lipinski definition) is 1. The van der Waals surface area contributed by atoms with Crippen molar-refractivity contribution in [1.82, 2.24) is 5.32 Å². The second-order valence-electron chi connectivity index (χ2n) is 6.27. The standard InChI is InChI=1S/C17H24N2O/c1-13(11-18-15-9-10-15)12-19-16-7-3-2-5-14(16)6-4-8-17(19)20/h2-3,5,7,13,15,18H,4,6,8-12H2,1H3. The summed E-state index contributed by atoms with van der Waals surface area (Å²) >= 11 is 0. The molecule has 108 valence electrons. The molecule has 20 heavy (non-hydrogen) atoms. The predicted octanol–water partition coefficient (Wildman–Crippen LogP) is 2.74. The first-order valence-corrected chi connectivity index (χ1v) is 7.85. The van der Waals surface area contributed by atoms with Crippen molar-refractivity contribution in [3.63, 3.8) is 0 Å². The molecule has 0 saturated heterocycles. The number of rotatable bonds is 5. The zero-order chi connectivity index (χ0) is 13.9. The number of nitrogens with one attached hydrogen (secondary N) is 1. The first-order chi connectivity index (χ1) is 9.74. The minimum Gasteiger partial charge on any atom is -0.314 e. The molecule has 1 unspecified atom stereocenters. The molecule has 1 N–H and O–H groups in total. The molecule has 3 heteroatoms. The number of para-hydroxylation sites is 1. The van der Waals surface area contributed by atoms with Gasteiger partial charge in [0, 0.05) is 24.7 Å². The van der Waals surface area contributed by atoms with Crippen LogP contribution in [-0.2, 0) is 11.2 Å². The second-order valence-corrected chi connectivity index (χ2v) is 6.27. The SMILES string of the molecule is CC(CNC1CC1)CN1C(=O)CCCc2ccccc21. The van der Waals surface area contributed by atoms with E-state index in [9.17, 15) is 4.79 Å². The summed E-state index contributed by atoms with van der Waals surface area (Å²) in [5, 5.41) is 3.56. The Morgan fingerprint density at radius 3 is 2.90 bits per heavy atom. The molecular formula is C17H24N2O. The zero-order valence-electron chi connectivity index (χ0n) is 12.3. The summed E-state index contributed by atoms with van der Waals surface area (Å²) < 4.78 is 0. The maximum absolute atomic E-state index is 12.4. The van der Waals surface area contributed by atoms with Crippen LogP contribution in [-0.4, -0.2) is 25.0 Å². The van der Waals surface area contributed by atoms with Gasteiger partial charge < -0.3 is 10.2 Å². The van der Waals surface area contributed by atoms with Gasteiger partial charge in [0.15, 0.2) is 0 Å². The number of fused-ring (bicyclic) bond motifs is 1. The molecule has 0 spiro atoms. The van der Waals surface area contributed by atoms with Crippen LogP contribution in [0.2, 0.25) is 0 Å². The summed E-state index contributed by atoms with van der Waals surface area (Å²) in [5.74, 6) is 0.777. The normalized spacial score (nSPS) is 20.4. The third kappa shape index (κ3) is 3.21. The fraction of sp³-hybridized carbons (Fsp3) is 0.588. The van der Waals surface area contributed by atoms with Gasteiger partial charge in [-0.25, -0.2) is 0 Å². The van der Waals surface area contributed by atoms with Crippen molar-refractivity contribution < 1.29 is 4.79 Å². The highest BCUT2D eigenvalue weighted by Gasteiger charge is 2.25. The first-order valence-electron chi connectivity index (χ1n) is 7.85. The summed E-state index contributed by atoms with van der Waals surface area (Å²) in [6.07, 6.45) is 5.31. The zero-order valence-corrected chi connectivity index (χ0v) is 12.3. The van der Waals surface area contributed by atoms with E-state index in [0.717, 1.165) is 37.7 Å². The number of carbonyl (C=O) groups is 1. The van der Waals surface area contributed by atoms with E-state index in [1.165, 1.54) is 18.4 Å². The third-order valence-corrected chi connectivity index (χ3v) is 4.25. The summed E-state index contributed by atoms with van der Waals surface area (Å²) in [6.45, 7) is 4.07. The Labute approximate surface area is 121 Å². The second kappa shape index (κ2) is 5.96. The Morgan fingerprint density at radius 2 is 2.10 bits per heavy atom. The highest BCUT2D eigenvalue weighted by molar-refractivity contribution is 5.94. The molecule has 2 aliphatic rings. The molecule has 0 radical (unpaired) electrons. The van der Waals surface area contributed by atoms with Gasteiger partial charge in [-0.1, -0.05) is 25.1 Å². The highest BCUT2D eigenvalue weighted by atomic mass is 16.2. The Kier molecular flexibility index (Phi) is 4.06. The van der Waals surface area contributed by atoms with Gasteiger partial charge in [-0.15, -0.1) is 0 Å². The van der Waals surface area contributed by atoms with Crippen LogP contribution in [0.25, 0.3) is 0 Å². The molecule has 1 aliphatic carbocycles. The fourth-order valence-corrected chi connectivity index (χ4v) is 2.92. The molecule has 1 aliphatic heterocycles. The molecule has 1 amide bonds. The van der Waals surface area contributed by atoms with E-state index >= 15 is 0 Å². The van der Waals surface area contributed by atoms with Gasteiger partial charge in [0.1, 0.15) is 0 Å². The van der Waals surface area contributed by atoms with Crippen LogP contribution in [0.4, 0.5) is 5.69 Å². The molecule has 0 aromatic heterocycles. The Morgan fingerprint density at radius 1 is 1.30 bits per heavy atom. The van der Waals surface area contributed by atoms with Gasteiger partial charge in [0.05, 0.1) is 0 Å². The lowest BCUT2D eigenvalue weighted by Gasteiger charge is -2.26. The van der Waals surface area contributed by atoms with Gasteiger partial charge in [0.25, 0.3) is 0 Å². The van der Waals surface area contributed by atoms with Crippen LogP contribution in [0.5, 0.6) is 0 Å². The van der Waals surface area contributed by atoms with E-state index in [1.54, 1.807) is 0 Å². The summed E-state index contributed by atoms with van der Waals surface area (Å²) in [6, 6.07) is 9.11. The maximum atomic E-state index is 12.4. The number of anilines is 1. The Balaban J connectivity index is 1.70. The van der Waals surface area contributed by atoms with E-state index in [0.29, 0.717) is 12.3 Å². The van der Waals surface area contributed by atoms with E-state index in [1.807, 2.05) is 11.0 Å². The van der Waals surface area contributed by atoms with Crippen molar-refractivity contribution in [2.45, 2.75) is 45.1 Å². The van der Waals surface area contributed by atoms with Gasteiger partial charge in [0.2, 0.25) is 5.91 Å². The summed E-state index contributed by atoms with van der Waals surface area (Å²) in [7, 11) is 0. The average Bonchev–Trinajstić information content (AvgIpc) is 3.27. The van der Waals surface area contributed by atoms with Crippen LogP contribution in [0.1, 0.15) is 38.2 Å². The van der Waals surface area contributed by atoms with Crippen LogP contribution in [0, 0.1) is 5.92 Å². The molecule has 3 nitrogen and oxygen atoms in total. The first kappa shape index (κ1) is 13.6. The Bertz CT molecular complexity index is 482. The van der Waals surface area contributed by atoms with Gasteiger partial charge >= 0.3 is 0 Å². The van der Waals surface area contributed by atoms with Gasteiger partial charge in [-0.2, -0.15) is 0 Å². The van der Waals surface area contributed by atoms with E-state index in [4.69, 9.17) is 0 Å². The average molecular weight is 272 g/mol. The van der Waals surface area contributed by atoms with Crippen LogP contribution in [0.3, 0.4) is 0 Å². The Hall–Kier alpha value is -1.35. The van der Waals surface area contributed by atoms with Gasteiger partial charge in [-0.05, 0) is 49.8 Å². The topological polar surface area (TPSA) is 32.3 Å². The molecule has 0 bridgehead atoms. The molecule has 3 rings (SSSR count). The van der Waals surface area contributed by atoms with Crippen molar-refractivity contribution >= 4 is 11.6 Å². The summed E-state index contributed by atoms with van der Waals surface area (Å²) in [5.41, 5.74) is 2.45. The number of amides is 1. The lowest BCUT2D eigenvalue weighted by atomic mass is 10.1. The van der Waals surface area contributed by atoms with Crippen LogP contribution in [0.15, 0.2) is 24.3 Å². The van der Waals surface area contributed by atoms with Crippen molar-refractivity contribution in [3.05, 3.63) is 29.8 Å². The van der Waals surface area contributed by atoms with Crippen LogP contribution >= 0.6 is 0 Å². The third-order valence-electron chi connectivity index (χ3n) is 4.25. The quantitative estimate of drug-likeness (QED) is 0.894. The molecule has 1 fully saturated rings. The lowest BCUT2D eigenvalue weighted by Crippen LogP contribution is -2.37. The predicted molar refractivity (Wildman–Crippen MR) is 81.9 cm³/mol. The van der Waals surface area contributed by atoms with E-state index in [2.05, 4.69) is 30.4 Å². The van der Waals surface area contributed by atoms with Crippen molar-refractivity contribution in [1.29, 1.82) is 0 Å². The molecular weight excluding hydrogens is 248 g/mol. The molecule has 1 aromatic carbocycles. The monoisotopic (exact) mass is 272 g/mol. The highest BCUT2D eigenvalue weighted by Crippen LogP contribution is 2.27. The van der Waals surface area contributed by atoms with Crippen molar-refractivity contribution in [2.24, 2.45) is 5.92 Å². The number of benzene rings is 1. The minimum atomic E-state index is 0.285. The van der Waals surface area contributed by atoms with Crippen LogP contribution < -0.4 is 10.2 Å². The molecule has 1 saturated carbocycles. The number of aryl methyl sites for hydroxylation is 1. The molecule has 1 heterocycles. The van der Waals surface area contributed by atoms with E-state index in [-0.39, 0.29) is 5.91 Å². The number of hydrogen-bond acceptors (Lipinski definition) is 2. The van der Waals surface area contributed by atoms with Gasteiger partial charge in [-0.3, -0.25) is 4.79 Å². The minimum absolute atomic E-state index is 0.285. The largest absolute Gasteiger partial charge is 0.314 e. The molecule has 1 atom stereocenters. The van der Waals surface area contributed by atoms with E-state index < -0.39 is 0 Å². The van der Waals surface area contributed by atoms with Crippen molar-refractivity contribution in [2.75, 3.05) is 18.0 Å². The lowest BCUT2D eigenvalue weighted by molar-refractivity contribution is -0.118. The maximum Gasteiger partial charge on any atom is 0.227 e. The summed E-state index contributed by atoms with van der Waals surface area (Å²) in [4.78, 5) is 14.4. The molecule has 1 aromatic rings. The van der Waals surface area contributed by atoms with Crippen molar-refractivity contribution in [3.8, 4) is 0 Å². The fourth-order valence-electron chi connectivity index (χ4n) is 2.92. The smallest absolute Gasteiger partial charge is 0.227 e. The number of carbonyl (C=O) groups excluding carboxylic acids is 1.